The van der Waals surface area contributed by atoms with E-state index in [1.54, 1.807) is 4.90 Å². The summed E-state index contributed by atoms with van der Waals surface area (Å²) >= 11 is 6.06. The Bertz CT molecular complexity index is 848. The van der Waals surface area contributed by atoms with Crippen LogP contribution in [0.2, 0.25) is 5.02 Å². The lowest BCUT2D eigenvalue weighted by molar-refractivity contribution is -0.958. The summed E-state index contributed by atoms with van der Waals surface area (Å²) in [5.74, 6) is 0. The van der Waals surface area contributed by atoms with E-state index < -0.39 is 0 Å². The first-order valence-electron chi connectivity index (χ1n) is 8.59. The number of halogens is 1. The Morgan fingerprint density at radius 1 is 1.17 bits per heavy atom. The highest BCUT2D eigenvalue weighted by molar-refractivity contribution is 6.30. The van der Waals surface area contributed by atoms with Gasteiger partial charge in [0.2, 0.25) is 0 Å². The Kier molecular flexibility index (Phi) is 4.27. The maximum absolute atomic E-state index is 6.06. The molecule has 0 saturated carbocycles. The van der Waals surface area contributed by atoms with Gasteiger partial charge in [-0.25, -0.2) is 4.98 Å². The van der Waals surface area contributed by atoms with Crippen LogP contribution in [0.15, 0.2) is 42.6 Å². The first-order valence-corrected chi connectivity index (χ1v) is 8.97. The van der Waals surface area contributed by atoms with Gasteiger partial charge in [-0.3, -0.25) is 4.40 Å². The Labute approximate surface area is 147 Å². The molecule has 1 fully saturated rings. The van der Waals surface area contributed by atoms with E-state index in [0.29, 0.717) is 0 Å². The number of hydrogen-bond donors (Lipinski definition) is 2. The predicted molar refractivity (Wildman–Crippen MR) is 96.4 cm³/mol. The van der Waals surface area contributed by atoms with Gasteiger partial charge in [-0.15, -0.1) is 0 Å². The molecule has 4 rings (SSSR count). The topological polar surface area (TPSA) is 38.4 Å². The Balaban J connectivity index is 1.81. The lowest BCUT2D eigenvalue weighted by Crippen LogP contribution is -3.19. The number of imidazole rings is 1. The van der Waals surface area contributed by atoms with Crippen LogP contribution in [0.4, 0.5) is 0 Å². The second kappa shape index (κ2) is 6.55. The van der Waals surface area contributed by atoms with Gasteiger partial charge < -0.3 is 10.2 Å². The monoisotopic (exact) mass is 342 g/mol. The largest absolute Gasteiger partial charge is 0.337 e. The van der Waals surface area contributed by atoms with E-state index in [1.165, 1.54) is 37.4 Å². The van der Waals surface area contributed by atoms with E-state index in [4.69, 9.17) is 16.6 Å². The molecule has 3 N–H and O–H groups in total. The molecule has 124 valence electrons. The van der Waals surface area contributed by atoms with Crippen molar-refractivity contribution in [1.82, 2.24) is 9.38 Å². The molecule has 1 aromatic carbocycles. The zero-order valence-electron chi connectivity index (χ0n) is 13.9. The van der Waals surface area contributed by atoms with Crippen LogP contribution in [0.1, 0.15) is 11.3 Å². The highest BCUT2D eigenvalue weighted by Gasteiger charge is 2.22. The number of piperazine rings is 1. The molecule has 0 radical (unpaired) electrons. The number of nitrogens with two attached hydrogens (primary N) is 1. The second-order valence-corrected chi connectivity index (χ2v) is 7.08. The molecule has 1 aliphatic heterocycles. The van der Waals surface area contributed by atoms with E-state index >= 15 is 0 Å². The first kappa shape index (κ1) is 15.6. The van der Waals surface area contributed by atoms with Crippen LogP contribution in [0.25, 0.3) is 16.9 Å². The molecule has 0 bridgehead atoms. The molecule has 0 atom stereocenters. The maximum Gasteiger partial charge on any atom is 0.138 e. The fourth-order valence-corrected chi connectivity index (χ4v) is 3.63. The van der Waals surface area contributed by atoms with Crippen molar-refractivity contribution in [2.75, 3.05) is 26.2 Å². The Morgan fingerprint density at radius 2 is 1.92 bits per heavy atom. The first-order chi connectivity index (χ1) is 11.7. The van der Waals surface area contributed by atoms with Crippen LogP contribution in [-0.2, 0) is 6.54 Å². The standard InChI is InChI=1S/C19H21ClN4/c1-14-6-9-24-17(13-23-10-7-21-8-11-23)19(22-18(24)12-14)15-2-4-16(20)5-3-15/h2-6,9,12,21H,7-8,10-11,13H2,1H3/p+2. The summed E-state index contributed by atoms with van der Waals surface area (Å²) in [6, 6.07) is 12.3. The zero-order chi connectivity index (χ0) is 16.5. The van der Waals surface area contributed by atoms with Crippen LogP contribution < -0.4 is 10.2 Å². The van der Waals surface area contributed by atoms with E-state index in [0.717, 1.165) is 28.5 Å². The quantitative estimate of drug-likeness (QED) is 0.730. The average Bonchev–Trinajstić information content (AvgIpc) is 2.94. The lowest BCUT2D eigenvalue weighted by Gasteiger charge is -2.22. The number of hydrogen-bond acceptors (Lipinski definition) is 1. The number of benzene rings is 1. The molecule has 0 unspecified atom stereocenters. The van der Waals surface area contributed by atoms with Gasteiger partial charge in [0.25, 0.3) is 0 Å². The predicted octanol–water partition coefficient (Wildman–Crippen LogP) is 0.925. The van der Waals surface area contributed by atoms with Gasteiger partial charge in [0.15, 0.2) is 0 Å². The minimum atomic E-state index is 0.761. The minimum Gasteiger partial charge on any atom is -0.337 e. The number of nitrogens with zero attached hydrogens (tertiary/aromatic N) is 2. The number of aromatic nitrogens is 2. The van der Waals surface area contributed by atoms with Crippen LogP contribution >= 0.6 is 11.6 Å². The molecule has 4 nitrogen and oxygen atoms in total. The molecule has 3 aromatic rings. The van der Waals surface area contributed by atoms with E-state index in [9.17, 15) is 0 Å². The van der Waals surface area contributed by atoms with Gasteiger partial charge in [-0.05, 0) is 36.8 Å². The van der Waals surface area contributed by atoms with Gasteiger partial charge in [0.1, 0.15) is 44.1 Å². The summed E-state index contributed by atoms with van der Waals surface area (Å²) in [5.41, 5.74) is 5.78. The Hall–Kier alpha value is -1.88. The molecule has 3 heterocycles. The normalized spacial score (nSPS) is 15.9. The van der Waals surface area contributed by atoms with Crippen molar-refractivity contribution in [3.05, 3.63) is 58.9 Å². The van der Waals surface area contributed by atoms with Gasteiger partial charge in [0, 0.05) is 16.8 Å². The van der Waals surface area contributed by atoms with Crippen molar-refractivity contribution in [1.29, 1.82) is 0 Å². The summed E-state index contributed by atoms with van der Waals surface area (Å²) in [5, 5.41) is 3.17. The van der Waals surface area contributed by atoms with E-state index in [2.05, 4.69) is 47.1 Å². The highest BCUT2D eigenvalue weighted by Crippen LogP contribution is 2.26. The number of pyridine rings is 1. The maximum atomic E-state index is 6.06. The van der Waals surface area contributed by atoms with Gasteiger partial charge in [0.05, 0.1) is 5.69 Å². The molecule has 1 aliphatic rings. The van der Waals surface area contributed by atoms with Crippen molar-refractivity contribution in [2.24, 2.45) is 0 Å². The molecule has 0 amide bonds. The molecular weight excluding hydrogens is 320 g/mol. The SMILES string of the molecule is Cc1ccn2c(C[NH+]3CC[NH2+]CC3)c(-c3ccc(Cl)cc3)nc2c1. The summed E-state index contributed by atoms with van der Waals surface area (Å²) in [6.07, 6.45) is 2.15. The third-order valence-corrected chi connectivity index (χ3v) is 5.07. The number of rotatable bonds is 3. The van der Waals surface area contributed by atoms with Crippen molar-refractivity contribution in [2.45, 2.75) is 13.5 Å². The molecule has 0 spiro atoms. The fourth-order valence-electron chi connectivity index (χ4n) is 3.50. The van der Waals surface area contributed by atoms with Crippen molar-refractivity contribution in [3.8, 4) is 11.3 Å². The fraction of sp³-hybridized carbons (Fsp3) is 0.316. The lowest BCUT2D eigenvalue weighted by atomic mass is 10.1. The molecule has 1 saturated heterocycles. The summed E-state index contributed by atoms with van der Waals surface area (Å²) in [7, 11) is 0. The summed E-state index contributed by atoms with van der Waals surface area (Å²) in [6.45, 7) is 7.96. The number of nitrogens with one attached hydrogen (secondary N) is 1. The molecule has 2 aromatic heterocycles. The van der Waals surface area contributed by atoms with Crippen LogP contribution in [0, 0.1) is 6.92 Å². The molecule has 24 heavy (non-hydrogen) atoms. The number of aryl methyl sites for hydroxylation is 1. The molecule has 0 aliphatic carbocycles. The van der Waals surface area contributed by atoms with E-state index in [-0.39, 0.29) is 0 Å². The number of fused-ring (bicyclic) bond motifs is 1. The highest BCUT2D eigenvalue weighted by atomic mass is 35.5. The third kappa shape index (κ3) is 3.05. The van der Waals surface area contributed by atoms with Gasteiger partial charge in [-0.1, -0.05) is 23.7 Å². The van der Waals surface area contributed by atoms with Crippen LogP contribution in [-0.4, -0.2) is 35.6 Å². The average molecular weight is 343 g/mol. The smallest absolute Gasteiger partial charge is 0.138 e. The Morgan fingerprint density at radius 3 is 2.67 bits per heavy atom. The van der Waals surface area contributed by atoms with Crippen molar-refractivity contribution >= 4 is 17.2 Å². The van der Waals surface area contributed by atoms with Crippen molar-refractivity contribution in [3.63, 3.8) is 0 Å². The van der Waals surface area contributed by atoms with E-state index in [1.807, 2.05) is 12.1 Å². The second-order valence-electron chi connectivity index (χ2n) is 6.64. The van der Waals surface area contributed by atoms with Crippen LogP contribution in [0.3, 0.4) is 0 Å². The molecule has 5 heteroatoms. The minimum absolute atomic E-state index is 0.761. The summed E-state index contributed by atoms with van der Waals surface area (Å²) < 4.78 is 2.25. The summed E-state index contributed by atoms with van der Waals surface area (Å²) in [4.78, 5) is 6.57. The van der Waals surface area contributed by atoms with Gasteiger partial charge >= 0.3 is 0 Å². The zero-order valence-corrected chi connectivity index (χ0v) is 14.7. The number of quaternary nitrogens is 2. The van der Waals surface area contributed by atoms with Gasteiger partial charge in [-0.2, -0.15) is 0 Å². The van der Waals surface area contributed by atoms with Crippen LogP contribution in [0.5, 0.6) is 0 Å². The third-order valence-electron chi connectivity index (χ3n) is 4.82. The molecular formula is C19H23ClN4+2. The van der Waals surface area contributed by atoms with Crippen molar-refractivity contribution < 1.29 is 10.2 Å².